The first-order valence-corrected chi connectivity index (χ1v) is 8.60. The molecular formula is C19H16F3N3O4. The van der Waals surface area contributed by atoms with Crippen molar-refractivity contribution >= 4 is 28.9 Å². The Balaban J connectivity index is 1.74. The molecule has 10 heteroatoms. The molecule has 1 N–H and O–H groups in total. The summed E-state index contributed by atoms with van der Waals surface area (Å²) < 4.78 is 38.4. The SMILES string of the molecule is Cc1ccc(N2C[C@@H](C(=O)Nc3cccc(C(F)(F)F)c3)CC2=O)cc1[N+](=O)[O-]. The average molecular weight is 407 g/mol. The van der Waals surface area contributed by atoms with Crippen LogP contribution in [0.3, 0.4) is 0 Å². The van der Waals surface area contributed by atoms with E-state index in [2.05, 4.69) is 5.32 Å². The molecule has 0 aromatic heterocycles. The fourth-order valence-corrected chi connectivity index (χ4v) is 3.11. The Morgan fingerprint density at radius 1 is 1.24 bits per heavy atom. The molecule has 0 unspecified atom stereocenters. The fourth-order valence-electron chi connectivity index (χ4n) is 3.11. The number of carbonyl (C=O) groups excluding carboxylic acids is 2. The lowest BCUT2D eigenvalue weighted by molar-refractivity contribution is -0.385. The minimum Gasteiger partial charge on any atom is -0.326 e. The largest absolute Gasteiger partial charge is 0.416 e. The van der Waals surface area contributed by atoms with Gasteiger partial charge in [0.15, 0.2) is 0 Å². The van der Waals surface area contributed by atoms with Gasteiger partial charge in [-0.25, -0.2) is 0 Å². The maximum absolute atomic E-state index is 12.8. The predicted octanol–water partition coefficient (Wildman–Crippen LogP) is 3.91. The van der Waals surface area contributed by atoms with E-state index >= 15 is 0 Å². The summed E-state index contributed by atoms with van der Waals surface area (Å²) in [5, 5.41) is 13.5. The molecule has 2 aromatic rings. The van der Waals surface area contributed by atoms with Crippen LogP contribution in [-0.4, -0.2) is 23.3 Å². The molecular weight excluding hydrogens is 391 g/mol. The second-order valence-corrected chi connectivity index (χ2v) is 6.70. The quantitative estimate of drug-likeness (QED) is 0.614. The first-order chi connectivity index (χ1) is 13.6. The van der Waals surface area contributed by atoms with Gasteiger partial charge >= 0.3 is 6.18 Å². The summed E-state index contributed by atoms with van der Waals surface area (Å²) in [7, 11) is 0. The van der Waals surface area contributed by atoms with E-state index in [1.165, 1.54) is 29.2 Å². The van der Waals surface area contributed by atoms with Crippen molar-refractivity contribution in [3.8, 4) is 0 Å². The van der Waals surface area contributed by atoms with E-state index in [0.29, 0.717) is 11.3 Å². The molecule has 1 heterocycles. The lowest BCUT2D eigenvalue weighted by atomic mass is 10.1. The molecule has 152 valence electrons. The highest BCUT2D eigenvalue weighted by atomic mass is 19.4. The highest BCUT2D eigenvalue weighted by Crippen LogP contribution is 2.32. The minimum absolute atomic E-state index is 0.0240. The van der Waals surface area contributed by atoms with Crippen molar-refractivity contribution in [2.24, 2.45) is 5.92 Å². The molecule has 0 saturated carbocycles. The number of halogens is 3. The standard InChI is InChI=1S/C19H16F3N3O4/c1-11-5-6-15(9-16(11)25(28)29)24-10-12(7-17(24)26)18(27)23-14-4-2-3-13(8-14)19(20,21)22/h2-6,8-9,12H,7,10H2,1H3,(H,23,27)/t12-/m0/s1. The number of amides is 2. The van der Waals surface area contributed by atoms with Gasteiger partial charge < -0.3 is 10.2 Å². The predicted molar refractivity (Wildman–Crippen MR) is 98.4 cm³/mol. The minimum atomic E-state index is -4.54. The summed E-state index contributed by atoms with van der Waals surface area (Å²) in [5.41, 5.74) is -0.342. The smallest absolute Gasteiger partial charge is 0.326 e. The molecule has 2 amide bonds. The lowest BCUT2D eigenvalue weighted by Crippen LogP contribution is -2.28. The van der Waals surface area contributed by atoms with Crippen molar-refractivity contribution in [1.82, 2.24) is 0 Å². The van der Waals surface area contributed by atoms with Crippen molar-refractivity contribution < 1.29 is 27.7 Å². The zero-order valence-electron chi connectivity index (χ0n) is 15.2. The third-order valence-electron chi connectivity index (χ3n) is 4.65. The monoisotopic (exact) mass is 407 g/mol. The maximum atomic E-state index is 12.8. The molecule has 1 aliphatic heterocycles. The van der Waals surface area contributed by atoms with Crippen LogP contribution >= 0.6 is 0 Å². The van der Waals surface area contributed by atoms with Gasteiger partial charge in [-0.05, 0) is 31.2 Å². The van der Waals surface area contributed by atoms with Crippen molar-refractivity contribution in [1.29, 1.82) is 0 Å². The number of nitro groups is 1. The van der Waals surface area contributed by atoms with Crippen LogP contribution in [0, 0.1) is 23.0 Å². The number of hydrogen-bond acceptors (Lipinski definition) is 4. The van der Waals surface area contributed by atoms with Gasteiger partial charge in [-0.2, -0.15) is 13.2 Å². The summed E-state index contributed by atoms with van der Waals surface area (Å²) in [6.07, 6.45) is -4.69. The summed E-state index contributed by atoms with van der Waals surface area (Å²) >= 11 is 0. The van der Waals surface area contributed by atoms with Gasteiger partial charge in [0.05, 0.1) is 22.1 Å². The summed E-state index contributed by atoms with van der Waals surface area (Å²) in [4.78, 5) is 36.6. The van der Waals surface area contributed by atoms with E-state index < -0.39 is 34.4 Å². The molecule has 1 atom stereocenters. The Morgan fingerprint density at radius 2 is 1.97 bits per heavy atom. The number of benzene rings is 2. The van der Waals surface area contributed by atoms with Gasteiger partial charge in [0.25, 0.3) is 5.69 Å². The van der Waals surface area contributed by atoms with Gasteiger partial charge in [0.1, 0.15) is 0 Å². The van der Waals surface area contributed by atoms with Crippen molar-refractivity contribution in [3.63, 3.8) is 0 Å². The van der Waals surface area contributed by atoms with Gasteiger partial charge in [0.2, 0.25) is 11.8 Å². The van der Waals surface area contributed by atoms with Crippen LogP contribution in [0.15, 0.2) is 42.5 Å². The van der Waals surface area contributed by atoms with Gasteiger partial charge in [-0.1, -0.05) is 12.1 Å². The molecule has 1 aliphatic rings. The van der Waals surface area contributed by atoms with E-state index in [9.17, 15) is 32.9 Å². The summed E-state index contributed by atoms with van der Waals surface area (Å²) in [6, 6.07) is 8.53. The summed E-state index contributed by atoms with van der Waals surface area (Å²) in [5.74, 6) is -1.79. The van der Waals surface area contributed by atoms with E-state index in [1.807, 2.05) is 0 Å². The van der Waals surface area contributed by atoms with Gasteiger partial charge in [0, 0.05) is 30.3 Å². The zero-order valence-corrected chi connectivity index (χ0v) is 15.2. The first kappa shape index (κ1) is 20.3. The second kappa shape index (κ2) is 7.53. The van der Waals surface area contributed by atoms with Crippen LogP contribution in [0.25, 0.3) is 0 Å². The maximum Gasteiger partial charge on any atom is 0.416 e. The Kier molecular flexibility index (Phi) is 5.27. The Morgan fingerprint density at radius 3 is 2.62 bits per heavy atom. The number of alkyl halides is 3. The molecule has 1 fully saturated rings. The van der Waals surface area contributed by atoms with Gasteiger partial charge in [-0.15, -0.1) is 0 Å². The average Bonchev–Trinajstić information content (AvgIpc) is 3.03. The van der Waals surface area contributed by atoms with Crippen LogP contribution in [0.1, 0.15) is 17.5 Å². The molecule has 1 saturated heterocycles. The Hall–Kier alpha value is -3.43. The van der Waals surface area contributed by atoms with Crippen LogP contribution in [0.4, 0.5) is 30.2 Å². The highest BCUT2D eigenvalue weighted by Gasteiger charge is 2.36. The number of nitro benzene ring substituents is 1. The Labute approximate surface area is 163 Å². The van der Waals surface area contributed by atoms with Crippen LogP contribution in [0.2, 0.25) is 0 Å². The number of rotatable bonds is 4. The van der Waals surface area contributed by atoms with Crippen LogP contribution in [0.5, 0.6) is 0 Å². The molecule has 0 aliphatic carbocycles. The number of nitrogens with one attached hydrogen (secondary N) is 1. The van der Waals surface area contributed by atoms with E-state index in [0.717, 1.165) is 12.1 Å². The molecule has 0 radical (unpaired) electrons. The fraction of sp³-hybridized carbons (Fsp3) is 0.263. The molecule has 0 bridgehead atoms. The summed E-state index contributed by atoms with van der Waals surface area (Å²) in [6.45, 7) is 1.54. The number of hydrogen-bond donors (Lipinski definition) is 1. The molecule has 3 rings (SSSR count). The topological polar surface area (TPSA) is 92.6 Å². The number of carbonyl (C=O) groups is 2. The van der Waals surface area contributed by atoms with Crippen LogP contribution < -0.4 is 10.2 Å². The number of nitrogens with zero attached hydrogens (tertiary/aromatic N) is 2. The first-order valence-electron chi connectivity index (χ1n) is 8.60. The Bertz CT molecular complexity index is 991. The third-order valence-corrected chi connectivity index (χ3v) is 4.65. The normalized spacial score (nSPS) is 16.8. The second-order valence-electron chi connectivity index (χ2n) is 6.70. The molecule has 0 spiro atoms. The van der Waals surface area contributed by atoms with Gasteiger partial charge in [-0.3, -0.25) is 19.7 Å². The van der Waals surface area contributed by atoms with Crippen molar-refractivity contribution in [2.45, 2.75) is 19.5 Å². The lowest BCUT2D eigenvalue weighted by Gasteiger charge is -2.17. The van der Waals surface area contributed by atoms with Crippen LogP contribution in [-0.2, 0) is 15.8 Å². The van der Waals surface area contributed by atoms with E-state index in [1.54, 1.807) is 13.0 Å². The van der Waals surface area contributed by atoms with E-state index in [-0.39, 0.29) is 24.3 Å². The third kappa shape index (κ3) is 4.36. The molecule has 29 heavy (non-hydrogen) atoms. The molecule has 7 nitrogen and oxygen atoms in total. The van der Waals surface area contributed by atoms with Crippen molar-refractivity contribution in [3.05, 3.63) is 63.7 Å². The highest BCUT2D eigenvalue weighted by molar-refractivity contribution is 6.03. The van der Waals surface area contributed by atoms with E-state index in [4.69, 9.17) is 0 Å². The van der Waals surface area contributed by atoms with Crippen molar-refractivity contribution in [2.75, 3.05) is 16.8 Å². The number of aryl methyl sites for hydroxylation is 1. The number of anilines is 2. The zero-order chi connectivity index (χ0) is 21.3. The molecule has 2 aromatic carbocycles.